The number of nitrogens with zero attached hydrogens (tertiary/aromatic N) is 2. The molecule has 1 aromatic heterocycles. The van der Waals surface area contributed by atoms with Crippen LogP contribution in [0.2, 0.25) is 0 Å². The van der Waals surface area contributed by atoms with Gasteiger partial charge in [-0.05, 0) is 31.5 Å². The van der Waals surface area contributed by atoms with Crippen molar-refractivity contribution in [2.75, 3.05) is 7.05 Å². The molecule has 0 bridgehead atoms. The average Bonchev–Trinajstić information content (AvgIpc) is 2.50. The van der Waals surface area contributed by atoms with Crippen LogP contribution in [0.5, 0.6) is 0 Å². The van der Waals surface area contributed by atoms with Crippen molar-refractivity contribution in [3.05, 3.63) is 65.5 Å². The number of aromatic nitrogens is 1. The normalized spacial score (nSPS) is 11.8. The number of carbonyl (C=O) groups excluding carboxylic acids is 1. The molecule has 4 nitrogen and oxygen atoms in total. The average molecular weight is 283 g/mol. The van der Waals surface area contributed by atoms with Crippen LogP contribution < -0.4 is 5.32 Å². The van der Waals surface area contributed by atoms with Crippen molar-refractivity contribution in [2.24, 2.45) is 0 Å². The number of urea groups is 1. The first kappa shape index (κ1) is 15.0. The maximum Gasteiger partial charge on any atom is 0.317 e. The summed E-state index contributed by atoms with van der Waals surface area (Å²) in [7, 11) is 1.79. The van der Waals surface area contributed by atoms with Crippen molar-refractivity contribution in [3.63, 3.8) is 0 Å². The highest BCUT2D eigenvalue weighted by atomic mass is 16.2. The molecule has 1 aromatic carbocycles. The van der Waals surface area contributed by atoms with Crippen molar-refractivity contribution >= 4 is 6.03 Å². The second kappa shape index (κ2) is 6.88. The molecule has 0 spiro atoms. The number of amides is 2. The lowest BCUT2D eigenvalue weighted by Crippen LogP contribution is -2.38. The Morgan fingerprint density at radius 1 is 1.24 bits per heavy atom. The van der Waals surface area contributed by atoms with Crippen LogP contribution in [0, 0.1) is 6.92 Å². The maximum absolute atomic E-state index is 12.2. The second-order valence-corrected chi connectivity index (χ2v) is 5.27. The lowest BCUT2D eigenvalue weighted by atomic mass is 10.1. The molecule has 1 atom stereocenters. The fourth-order valence-corrected chi connectivity index (χ4v) is 2.04. The Bertz CT molecular complexity index is 581. The SMILES string of the molecule is Cc1ccc(CN(C)C(=O)N[C@@H](C)c2ccccn2)cc1. The monoisotopic (exact) mass is 283 g/mol. The van der Waals surface area contributed by atoms with Crippen LogP contribution in [-0.4, -0.2) is 23.0 Å². The van der Waals surface area contributed by atoms with Gasteiger partial charge in [0.25, 0.3) is 0 Å². The molecular formula is C17H21N3O. The minimum atomic E-state index is -0.112. The molecule has 4 heteroatoms. The van der Waals surface area contributed by atoms with Gasteiger partial charge in [-0.3, -0.25) is 4.98 Å². The number of rotatable bonds is 4. The molecule has 1 N–H and O–H groups in total. The van der Waals surface area contributed by atoms with Crippen LogP contribution in [0.4, 0.5) is 4.79 Å². The van der Waals surface area contributed by atoms with Gasteiger partial charge in [-0.15, -0.1) is 0 Å². The summed E-state index contributed by atoms with van der Waals surface area (Å²) < 4.78 is 0. The van der Waals surface area contributed by atoms with E-state index in [2.05, 4.69) is 29.4 Å². The van der Waals surface area contributed by atoms with Crippen LogP contribution in [0.3, 0.4) is 0 Å². The minimum absolute atomic E-state index is 0.103. The van der Waals surface area contributed by atoms with Crippen LogP contribution in [-0.2, 0) is 6.54 Å². The highest BCUT2D eigenvalue weighted by molar-refractivity contribution is 5.74. The molecule has 0 saturated carbocycles. The van der Waals surface area contributed by atoms with Crippen LogP contribution in [0.15, 0.2) is 48.7 Å². The van der Waals surface area contributed by atoms with Gasteiger partial charge in [-0.1, -0.05) is 35.9 Å². The van der Waals surface area contributed by atoms with Gasteiger partial charge >= 0.3 is 6.03 Å². The van der Waals surface area contributed by atoms with Gasteiger partial charge in [0.05, 0.1) is 11.7 Å². The molecule has 2 aromatic rings. The van der Waals surface area contributed by atoms with E-state index in [1.165, 1.54) is 5.56 Å². The quantitative estimate of drug-likeness (QED) is 0.935. The molecule has 0 aliphatic rings. The summed E-state index contributed by atoms with van der Waals surface area (Å²) >= 11 is 0. The van der Waals surface area contributed by atoms with Crippen molar-refractivity contribution in [1.82, 2.24) is 15.2 Å². The molecule has 2 rings (SSSR count). The predicted molar refractivity (Wildman–Crippen MR) is 83.8 cm³/mol. The van der Waals surface area contributed by atoms with Crippen molar-refractivity contribution in [3.8, 4) is 0 Å². The lowest BCUT2D eigenvalue weighted by Gasteiger charge is -2.21. The minimum Gasteiger partial charge on any atom is -0.330 e. The summed E-state index contributed by atoms with van der Waals surface area (Å²) in [5.41, 5.74) is 3.19. The van der Waals surface area contributed by atoms with Gasteiger partial charge in [0.15, 0.2) is 0 Å². The second-order valence-electron chi connectivity index (χ2n) is 5.27. The summed E-state index contributed by atoms with van der Waals surface area (Å²) in [5, 5.41) is 2.95. The zero-order valence-corrected chi connectivity index (χ0v) is 12.7. The van der Waals surface area contributed by atoms with Crippen LogP contribution >= 0.6 is 0 Å². The number of hydrogen-bond acceptors (Lipinski definition) is 2. The van der Waals surface area contributed by atoms with Crippen LogP contribution in [0.1, 0.15) is 29.8 Å². The molecular weight excluding hydrogens is 262 g/mol. The highest BCUT2D eigenvalue weighted by Gasteiger charge is 2.14. The van der Waals surface area contributed by atoms with E-state index < -0.39 is 0 Å². The molecule has 2 amide bonds. The molecule has 0 saturated heterocycles. The van der Waals surface area contributed by atoms with Gasteiger partial charge in [0.2, 0.25) is 0 Å². The summed E-state index contributed by atoms with van der Waals surface area (Å²) in [6, 6.07) is 13.7. The first-order chi connectivity index (χ1) is 10.1. The summed E-state index contributed by atoms with van der Waals surface area (Å²) in [6.45, 7) is 4.57. The fraction of sp³-hybridized carbons (Fsp3) is 0.294. The standard InChI is InChI=1S/C17H21N3O/c1-13-7-9-15(10-8-13)12-20(3)17(21)19-14(2)16-6-4-5-11-18-16/h4-11,14H,12H2,1-3H3,(H,19,21)/t14-/m0/s1. The third-order valence-corrected chi connectivity index (χ3v) is 3.36. The third kappa shape index (κ3) is 4.31. The number of nitrogens with one attached hydrogen (secondary N) is 1. The smallest absolute Gasteiger partial charge is 0.317 e. The maximum atomic E-state index is 12.2. The van der Waals surface area contributed by atoms with Crippen molar-refractivity contribution in [1.29, 1.82) is 0 Å². The predicted octanol–water partition coefficient (Wildman–Crippen LogP) is 3.29. The summed E-state index contributed by atoms with van der Waals surface area (Å²) in [6.07, 6.45) is 1.73. The van der Waals surface area contributed by atoms with Gasteiger partial charge in [0, 0.05) is 19.8 Å². The largest absolute Gasteiger partial charge is 0.330 e. The Labute approximate surface area is 125 Å². The zero-order chi connectivity index (χ0) is 15.2. The number of hydrogen-bond donors (Lipinski definition) is 1. The number of benzene rings is 1. The fourth-order valence-electron chi connectivity index (χ4n) is 2.04. The van der Waals surface area contributed by atoms with E-state index in [-0.39, 0.29) is 12.1 Å². The Balaban J connectivity index is 1.92. The highest BCUT2D eigenvalue weighted by Crippen LogP contribution is 2.10. The lowest BCUT2D eigenvalue weighted by molar-refractivity contribution is 0.203. The molecule has 110 valence electrons. The molecule has 0 unspecified atom stereocenters. The van der Waals surface area contributed by atoms with E-state index in [0.717, 1.165) is 11.3 Å². The van der Waals surface area contributed by atoms with Gasteiger partial charge in [-0.25, -0.2) is 4.79 Å². The summed E-state index contributed by atoms with van der Waals surface area (Å²) in [4.78, 5) is 18.1. The Kier molecular flexibility index (Phi) is 4.93. The number of carbonyl (C=O) groups is 1. The van der Waals surface area contributed by atoms with E-state index in [0.29, 0.717) is 6.54 Å². The summed E-state index contributed by atoms with van der Waals surface area (Å²) in [5.74, 6) is 0. The van der Waals surface area contributed by atoms with Crippen molar-refractivity contribution < 1.29 is 4.79 Å². The third-order valence-electron chi connectivity index (χ3n) is 3.36. The molecule has 0 fully saturated rings. The molecule has 1 heterocycles. The number of pyridine rings is 1. The Hall–Kier alpha value is -2.36. The Morgan fingerprint density at radius 2 is 1.95 bits per heavy atom. The van der Waals surface area contributed by atoms with E-state index >= 15 is 0 Å². The Morgan fingerprint density at radius 3 is 2.57 bits per heavy atom. The molecule has 0 aliphatic carbocycles. The van der Waals surface area contributed by atoms with Gasteiger partial charge < -0.3 is 10.2 Å². The van der Waals surface area contributed by atoms with E-state index in [4.69, 9.17) is 0 Å². The van der Waals surface area contributed by atoms with E-state index in [1.54, 1.807) is 18.1 Å². The first-order valence-corrected chi connectivity index (χ1v) is 7.04. The topological polar surface area (TPSA) is 45.2 Å². The zero-order valence-electron chi connectivity index (χ0n) is 12.7. The molecule has 0 radical (unpaired) electrons. The molecule has 0 aliphatic heterocycles. The van der Waals surface area contributed by atoms with Gasteiger partial charge in [-0.2, -0.15) is 0 Å². The van der Waals surface area contributed by atoms with Crippen LogP contribution in [0.25, 0.3) is 0 Å². The van der Waals surface area contributed by atoms with E-state index in [9.17, 15) is 4.79 Å². The molecule has 21 heavy (non-hydrogen) atoms. The van der Waals surface area contributed by atoms with E-state index in [1.807, 2.05) is 37.3 Å². The van der Waals surface area contributed by atoms with Gasteiger partial charge in [0.1, 0.15) is 0 Å². The first-order valence-electron chi connectivity index (χ1n) is 7.04. The number of aryl methyl sites for hydroxylation is 1. The van der Waals surface area contributed by atoms with Crippen molar-refractivity contribution in [2.45, 2.75) is 26.4 Å².